The fourth-order valence-corrected chi connectivity index (χ4v) is 3.27. The van der Waals surface area contributed by atoms with Crippen LogP contribution in [0.15, 0.2) is 66.3 Å². The summed E-state index contributed by atoms with van der Waals surface area (Å²) in [7, 11) is 1.65. The van der Waals surface area contributed by atoms with E-state index in [0.717, 1.165) is 47.4 Å². The maximum Gasteiger partial charge on any atom is 0.167 e. The van der Waals surface area contributed by atoms with Crippen LogP contribution >= 0.6 is 0 Å². The number of ether oxygens (including phenoxy) is 1. The highest BCUT2D eigenvalue weighted by atomic mass is 19.2. The molecule has 0 saturated carbocycles. The van der Waals surface area contributed by atoms with Crippen molar-refractivity contribution in [1.82, 2.24) is 0 Å². The van der Waals surface area contributed by atoms with Gasteiger partial charge in [-0.25, -0.2) is 8.78 Å². The van der Waals surface area contributed by atoms with E-state index in [0.29, 0.717) is 0 Å². The van der Waals surface area contributed by atoms with Crippen molar-refractivity contribution >= 4 is 11.4 Å². The normalized spacial score (nSPS) is 17.0. The highest BCUT2D eigenvalue weighted by Crippen LogP contribution is 2.29. The summed E-state index contributed by atoms with van der Waals surface area (Å²) in [5.74, 6) is -1.32. The number of carbonyl (C=O) groups is 1. The number of methoxy groups -OCH3 is 1. The molecule has 1 aliphatic rings. The number of allylic oxidation sites excluding steroid dienone is 6. The second-order valence-electron chi connectivity index (χ2n) is 6.81. The number of ketones is 1. The fraction of sp³-hybridized carbons (Fsp3) is 0.208. The predicted octanol–water partition coefficient (Wildman–Crippen LogP) is 6.21. The second kappa shape index (κ2) is 8.79. The van der Waals surface area contributed by atoms with Crippen LogP contribution in [-0.4, -0.2) is 12.9 Å². The predicted molar refractivity (Wildman–Crippen MR) is 107 cm³/mol. The minimum atomic E-state index is -1.00. The van der Waals surface area contributed by atoms with Crippen LogP contribution in [0, 0.1) is 18.6 Å². The smallest absolute Gasteiger partial charge is 0.167 e. The van der Waals surface area contributed by atoms with Crippen molar-refractivity contribution in [3.8, 4) is 5.75 Å². The zero-order valence-electron chi connectivity index (χ0n) is 16.0. The standard InChI is InChI=1S/C24H22F2O2/c1-16-13-19(10-12-24(16)28-2)18-6-4-3-5-17(7-8-18)14-23(27)20-9-11-21(25)22(26)15-20/h3-6,9-13,15H,7-8,14H2,1-2H3/b4-3+,17-5+,18-6?. The molecular weight excluding hydrogens is 358 g/mol. The molecule has 3 rings (SSSR count). The van der Waals surface area contributed by atoms with Crippen LogP contribution in [0.4, 0.5) is 8.78 Å². The Bertz CT molecular complexity index is 984. The third kappa shape index (κ3) is 4.63. The van der Waals surface area contributed by atoms with Crippen LogP contribution in [0.3, 0.4) is 0 Å². The van der Waals surface area contributed by atoms with Crippen molar-refractivity contribution in [2.24, 2.45) is 0 Å². The van der Waals surface area contributed by atoms with Gasteiger partial charge in [0.1, 0.15) is 5.75 Å². The van der Waals surface area contributed by atoms with E-state index in [4.69, 9.17) is 4.74 Å². The molecule has 0 unspecified atom stereocenters. The van der Waals surface area contributed by atoms with Gasteiger partial charge in [-0.3, -0.25) is 4.79 Å². The zero-order chi connectivity index (χ0) is 20.1. The summed E-state index contributed by atoms with van der Waals surface area (Å²) in [5, 5.41) is 0. The van der Waals surface area contributed by atoms with Crippen molar-refractivity contribution < 1.29 is 18.3 Å². The lowest BCUT2D eigenvalue weighted by atomic mass is 9.92. The Hall–Kier alpha value is -3.01. The highest BCUT2D eigenvalue weighted by Gasteiger charge is 2.13. The highest BCUT2D eigenvalue weighted by molar-refractivity contribution is 5.97. The molecule has 28 heavy (non-hydrogen) atoms. The summed E-state index contributed by atoms with van der Waals surface area (Å²) in [5.41, 5.74) is 4.51. The lowest BCUT2D eigenvalue weighted by Crippen LogP contribution is -2.03. The number of rotatable bonds is 5. The topological polar surface area (TPSA) is 26.3 Å². The molecule has 2 aromatic rings. The van der Waals surface area contributed by atoms with E-state index in [1.807, 2.05) is 37.3 Å². The minimum Gasteiger partial charge on any atom is -0.496 e. The summed E-state index contributed by atoms with van der Waals surface area (Å²) in [6.07, 6.45) is 9.55. The molecule has 2 nitrogen and oxygen atoms in total. The third-order valence-electron chi connectivity index (χ3n) is 4.85. The van der Waals surface area contributed by atoms with Crippen molar-refractivity contribution in [1.29, 1.82) is 0 Å². The van der Waals surface area contributed by atoms with Gasteiger partial charge in [-0.2, -0.15) is 0 Å². The summed E-state index contributed by atoms with van der Waals surface area (Å²) < 4.78 is 31.8. The van der Waals surface area contributed by atoms with E-state index in [9.17, 15) is 13.6 Å². The van der Waals surface area contributed by atoms with Crippen molar-refractivity contribution in [2.75, 3.05) is 7.11 Å². The first kappa shape index (κ1) is 19.7. The van der Waals surface area contributed by atoms with Gasteiger partial charge in [0.25, 0.3) is 0 Å². The number of hydrogen-bond acceptors (Lipinski definition) is 2. The molecule has 2 aromatic carbocycles. The fourth-order valence-electron chi connectivity index (χ4n) is 3.27. The summed E-state index contributed by atoms with van der Waals surface area (Å²) in [6.45, 7) is 2.01. The molecule has 0 amide bonds. The molecule has 0 aliphatic heterocycles. The molecule has 0 saturated heterocycles. The van der Waals surface area contributed by atoms with Gasteiger partial charge in [-0.1, -0.05) is 35.9 Å². The third-order valence-corrected chi connectivity index (χ3v) is 4.85. The monoisotopic (exact) mass is 380 g/mol. The number of benzene rings is 2. The molecule has 0 N–H and O–H groups in total. The first-order valence-corrected chi connectivity index (χ1v) is 9.16. The zero-order valence-corrected chi connectivity index (χ0v) is 16.0. The Morgan fingerprint density at radius 3 is 2.50 bits per heavy atom. The largest absolute Gasteiger partial charge is 0.496 e. The van der Waals surface area contributed by atoms with Crippen LogP contribution in [0.5, 0.6) is 5.75 Å². The van der Waals surface area contributed by atoms with Crippen LogP contribution < -0.4 is 4.74 Å². The minimum absolute atomic E-state index is 0.185. The van der Waals surface area contributed by atoms with Gasteiger partial charge in [-0.15, -0.1) is 0 Å². The summed E-state index contributed by atoms with van der Waals surface area (Å²) in [6, 6.07) is 9.35. The van der Waals surface area contributed by atoms with Gasteiger partial charge < -0.3 is 4.74 Å². The molecule has 0 bridgehead atoms. The molecule has 0 spiro atoms. The van der Waals surface area contributed by atoms with E-state index in [1.54, 1.807) is 7.11 Å². The van der Waals surface area contributed by atoms with Gasteiger partial charge in [-0.05, 0) is 66.8 Å². The molecular formula is C24H22F2O2. The van der Waals surface area contributed by atoms with E-state index < -0.39 is 11.6 Å². The molecule has 4 heteroatoms. The number of aryl methyl sites for hydroxylation is 1. The lowest BCUT2D eigenvalue weighted by Gasteiger charge is -2.14. The molecule has 0 fully saturated rings. The molecule has 144 valence electrons. The van der Waals surface area contributed by atoms with E-state index in [2.05, 4.69) is 12.1 Å². The quantitative estimate of drug-likeness (QED) is 0.576. The SMILES string of the molecule is COc1ccc(C2=C/C=C/C=C(/CC(=O)c3ccc(F)c(F)c3)CC2)cc1C. The molecule has 0 aromatic heterocycles. The first-order chi connectivity index (χ1) is 13.5. The van der Waals surface area contributed by atoms with Crippen LogP contribution in [0.1, 0.15) is 40.7 Å². The van der Waals surface area contributed by atoms with Gasteiger partial charge >= 0.3 is 0 Å². The van der Waals surface area contributed by atoms with Gasteiger partial charge in [0.2, 0.25) is 0 Å². The molecule has 0 atom stereocenters. The summed E-state index contributed by atoms with van der Waals surface area (Å²) >= 11 is 0. The second-order valence-corrected chi connectivity index (χ2v) is 6.81. The molecule has 0 radical (unpaired) electrons. The van der Waals surface area contributed by atoms with E-state index in [1.165, 1.54) is 11.6 Å². The maximum absolute atomic E-state index is 13.4. The van der Waals surface area contributed by atoms with Gasteiger partial charge in [0.15, 0.2) is 17.4 Å². The Morgan fingerprint density at radius 1 is 1.00 bits per heavy atom. The van der Waals surface area contributed by atoms with E-state index in [-0.39, 0.29) is 17.8 Å². The Kier molecular flexibility index (Phi) is 6.19. The number of halogens is 2. The van der Waals surface area contributed by atoms with Crippen molar-refractivity contribution in [3.05, 3.63) is 94.6 Å². The van der Waals surface area contributed by atoms with Gasteiger partial charge in [0.05, 0.1) is 7.11 Å². The average Bonchev–Trinajstić information content (AvgIpc) is 2.66. The Balaban J connectivity index is 1.71. The van der Waals surface area contributed by atoms with Crippen molar-refractivity contribution in [3.63, 3.8) is 0 Å². The Labute approximate surface area is 163 Å². The van der Waals surface area contributed by atoms with Crippen LogP contribution in [-0.2, 0) is 0 Å². The van der Waals surface area contributed by atoms with E-state index >= 15 is 0 Å². The van der Waals surface area contributed by atoms with Crippen LogP contribution in [0.2, 0.25) is 0 Å². The molecule has 0 heterocycles. The summed E-state index contributed by atoms with van der Waals surface area (Å²) in [4.78, 5) is 12.5. The lowest BCUT2D eigenvalue weighted by molar-refractivity contribution is 0.0991. The molecule has 1 aliphatic carbocycles. The van der Waals surface area contributed by atoms with Gasteiger partial charge in [0, 0.05) is 12.0 Å². The van der Waals surface area contributed by atoms with Crippen LogP contribution in [0.25, 0.3) is 5.57 Å². The number of Topliss-reactive ketones (excluding diaryl/α,β-unsaturated/α-hetero) is 1. The Morgan fingerprint density at radius 2 is 1.79 bits per heavy atom. The number of hydrogen-bond donors (Lipinski definition) is 0. The first-order valence-electron chi connectivity index (χ1n) is 9.16. The number of carbonyl (C=O) groups excluding carboxylic acids is 1. The van der Waals surface area contributed by atoms with Crippen molar-refractivity contribution in [2.45, 2.75) is 26.2 Å². The maximum atomic E-state index is 13.4. The average molecular weight is 380 g/mol.